The summed E-state index contributed by atoms with van der Waals surface area (Å²) < 4.78 is 11.0. The first kappa shape index (κ1) is 18.6. The van der Waals surface area contributed by atoms with Gasteiger partial charge in [0.25, 0.3) is 0 Å². The van der Waals surface area contributed by atoms with Gasteiger partial charge in [0.05, 0.1) is 6.61 Å². The molecule has 2 unspecified atom stereocenters. The smallest absolute Gasteiger partial charge is 0.181 e. The molecule has 0 aliphatic carbocycles. The number of hydrogen-bond acceptors (Lipinski definition) is 6. The molecule has 6 heteroatoms. The van der Waals surface area contributed by atoms with E-state index >= 15 is 0 Å². The van der Waals surface area contributed by atoms with Gasteiger partial charge in [0.2, 0.25) is 0 Å². The lowest BCUT2D eigenvalue weighted by Crippen LogP contribution is -2.61. The van der Waals surface area contributed by atoms with Crippen molar-refractivity contribution < 1.29 is 23.9 Å². The maximum Gasteiger partial charge on any atom is 0.181 e. The van der Waals surface area contributed by atoms with Gasteiger partial charge in [-0.3, -0.25) is 9.59 Å². The maximum absolute atomic E-state index is 13.1. The lowest BCUT2D eigenvalue weighted by molar-refractivity contribution is -0.195. The molecule has 0 amide bonds. The maximum atomic E-state index is 13.1. The SMILES string of the molecule is CCc1cc(ON)ccc1C1C(=O)C(C)(C)OC(C)(COC)C1=O. The van der Waals surface area contributed by atoms with Gasteiger partial charge in [0, 0.05) is 7.11 Å². The van der Waals surface area contributed by atoms with Crippen LogP contribution in [0.15, 0.2) is 18.2 Å². The number of methoxy groups -OCH3 is 1. The lowest BCUT2D eigenvalue weighted by atomic mass is 9.73. The van der Waals surface area contributed by atoms with E-state index in [2.05, 4.69) is 0 Å². The lowest BCUT2D eigenvalue weighted by Gasteiger charge is -2.44. The second-order valence-corrected chi connectivity index (χ2v) is 6.77. The molecular formula is C18H25NO5. The Morgan fingerprint density at radius 3 is 2.42 bits per heavy atom. The summed E-state index contributed by atoms with van der Waals surface area (Å²) in [6.45, 7) is 7.08. The monoisotopic (exact) mass is 335 g/mol. The van der Waals surface area contributed by atoms with Crippen LogP contribution in [0.3, 0.4) is 0 Å². The Hall–Kier alpha value is -1.76. The van der Waals surface area contributed by atoms with Crippen molar-refractivity contribution in [2.24, 2.45) is 5.90 Å². The number of carbonyl (C=O) groups excluding carboxylic acids is 2. The molecular weight excluding hydrogens is 310 g/mol. The third kappa shape index (κ3) is 3.09. The van der Waals surface area contributed by atoms with Crippen molar-refractivity contribution in [2.75, 3.05) is 13.7 Å². The van der Waals surface area contributed by atoms with E-state index in [1.807, 2.05) is 6.92 Å². The van der Waals surface area contributed by atoms with Gasteiger partial charge in [-0.15, -0.1) is 0 Å². The molecule has 1 aliphatic heterocycles. The number of nitrogens with two attached hydrogens (primary N) is 1. The van der Waals surface area contributed by atoms with Crippen molar-refractivity contribution in [3.05, 3.63) is 29.3 Å². The number of benzene rings is 1. The minimum absolute atomic E-state index is 0.0878. The van der Waals surface area contributed by atoms with Crippen LogP contribution in [0.4, 0.5) is 0 Å². The Labute approximate surface area is 142 Å². The van der Waals surface area contributed by atoms with E-state index in [1.165, 1.54) is 7.11 Å². The normalized spacial score (nSPS) is 26.5. The van der Waals surface area contributed by atoms with E-state index in [0.717, 1.165) is 5.56 Å². The van der Waals surface area contributed by atoms with E-state index in [9.17, 15) is 9.59 Å². The number of hydrogen-bond donors (Lipinski definition) is 1. The van der Waals surface area contributed by atoms with Gasteiger partial charge >= 0.3 is 0 Å². The first-order chi connectivity index (χ1) is 11.2. The minimum atomic E-state index is -1.18. The fraction of sp³-hybridized carbons (Fsp3) is 0.556. The van der Waals surface area contributed by atoms with Crippen LogP contribution in [0.1, 0.15) is 44.7 Å². The van der Waals surface area contributed by atoms with Crippen LogP contribution in [-0.4, -0.2) is 36.5 Å². The molecule has 0 aromatic heterocycles. The van der Waals surface area contributed by atoms with Crippen LogP contribution >= 0.6 is 0 Å². The molecule has 1 aromatic carbocycles. The molecule has 6 nitrogen and oxygen atoms in total. The molecule has 1 fully saturated rings. The Balaban J connectivity index is 2.58. The van der Waals surface area contributed by atoms with E-state index in [1.54, 1.807) is 39.0 Å². The summed E-state index contributed by atoms with van der Waals surface area (Å²) in [5, 5.41) is 0. The quantitative estimate of drug-likeness (QED) is 0.653. The van der Waals surface area contributed by atoms with Gasteiger partial charge in [-0.2, -0.15) is 5.90 Å². The van der Waals surface area contributed by atoms with Crippen molar-refractivity contribution >= 4 is 11.6 Å². The van der Waals surface area contributed by atoms with E-state index < -0.39 is 17.1 Å². The van der Waals surface area contributed by atoms with Crippen LogP contribution in [0, 0.1) is 0 Å². The molecule has 2 atom stereocenters. The largest absolute Gasteiger partial charge is 0.412 e. The van der Waals surface area contributed by atoms with E-state index in [0.29, 0.717) is 17.7 Å². The first-order valence-corrected chi connectivity index (χ1v) is 7.97. The molecule has 1 aliphatic rings. The fourth-order valence-corrected chi connectivity index (χ4v) is 3.34. The average Bonchev–Trinajstić information content (AvgIpc) is 2.53. The Kier molecular flexibility index (Phi) is 5.13. The first-order valence-electron chi connectivity index (χ1n) is 7.97. The zero-order valence-corrected chi connectivity index (χ0v) is 14.8. The van der Waals surface area contributed by atoms with Gasteiger partial charge < -0.3 is 14.3 Å². The van der Waals surface area contributed by atoms with Crippen molar-refractivity contribution in [1.82, 2.24) is 0 Å². The Bertz CT molecular complexity index is 655. The summed E-state index contributed by atoms with van der Waals surface area (Å²) in [6, 6.07) is 5.15. The summed E-state index contributed by atoms with van der Waals surface area (Å²) in [4.78, 5) is 30.8. The number of rotatable bonds is 5. The van der Waals surface area contributed by atoms with Gasteiger partial charge in [-0.1, -0.05) is 13.0 Å². The van der Waals surface area contributed by atoms with Gasteiger partial charge in [-0.05, 0) is 50.5 Å². The fourth-order valence-electron chi connectivity index (χ4n) is 3.34. The van der Waals surface area contributed by atoms with Crippen LogP contribution in [0.2, 0.25) is 0 Å². The molecule has 2 N–H and O–H groups in total. The summed E-state index contributed by atoms with van der Waals surface area (Å²) in [5.41, 5.74) is -0.737. The molecule has 0 saturated carbocycles. The number of carbonyl (C=O) groups is 2. The second kappa shape index (κ2) is 6.63. The summed E-state index contributed by atoms with van der Waals surface area (Å²) in [5.74, 6) is 4.27. The Morgan fingerprint density at radius 1 is 1.21 bits per heavy atom. The Morgan fingerprint density at radius 2 is 1.88 bits per heavy atom. The van der Waals surface area contributed by atoms with Gasteiger partial charge in [0.1, 0.15) is 22.9 Å². The highest BCUT2D eigenvalue weighted by Crippen LogP contribution is 2.40. The molecule has 24 heavy (non-hydrogen) atoms. The van der Waals surface area contributed by atoms with Crippen LogP contribution in [0.5, 0.6) is 5.75 Å². The zero-order chi connectivity index (χ0) is 18.1. The predicted molar refractivity (Wildman–Crippen MR) is 88.8 cm³/mol. The molecule has 1 aromatic rings. The number of aryl methyl sites for hydroxylation is 1. The summed E-state index contributed by atoms with van der Waals surface area (Å²) >= 11 is 0. The van der Waals surface area contributed by atoms with Crippen molar-refractivity contribution in [1.29, 1.82) is 0 Å². The van der Waals surface area contributed by atoms with Crippen molar-refractivity contribution in [2.45, 2.75) is 51.2 Å². The zero-order valence-electron chi connectivity index (χ0n) is 14.8. The number of ether oxygens (including phenoxy) is 2. The van der Waals surface area contributed by atoms with Crippen molar-refractivity contribution in [3.63, 3.8) is 0 Å². The van der Waals surface area contributed by atoms with E-state index in [-0.39, 0.29) is 18.2 Å². The van der Waals surface area contributed by atoms with E-state index in [4.69, 9.17) is 20.2 Å². The highest BCUT2D eigenvalue weighted by atomic mass is 16.6. The second-order valence-electron chi connectivity index (χ2n) is 6.77. The molecule has 1 heterocycles. The van der Waals surface area contributed by atoms with Crippen LogP contribution in [-0.2, 0) is 25.5 Å². The third-order valence-corrected chi connectivity index (χ3v) is 4.48. The average molecular weight is 335 g/mol. The molecule has 1 saturated heterocycles. The summed E-state index contributed by atoms with van der Waals surface area (Å²) in [7, 11) is 1.51. The predicted octanol–water partition coefficient (Wildman–Crippen LogP) is 1.94. The summed E-state index contributed by atoms with van der Waals surface area (Å²) in [6.07, 6.45) is 0.645. The molecule has 0 bridgehead atoms. The highest BCUT2D eigenvalue weighted by molar-refractivity contribution is 6.15. The van der Waals surface area contributed by atoms with Crippen LogP contribution < -0.4 is 10.7 Å². The number of Topliss-reactive ketones (excluding diaryl/α,β-unsaturated/α-hetero) is 2. The van der Waals surface area contributed by atoms with Crippen molar-refractivity contribution in [3.8, 4) is 5.75 Å². The third-order valence-electron chi connectivity index (χ3n) is 4.48. The minimum Gasteiger partial charge on any atom is -0.412 e. The highest BCUT2D eigenvalue weighted by Gasteiger charge is 2.55. The molecule has 132 valence electrons. The number of ketones is 2. The molecule has 0 spiro atoms. The topological polar surface area (TPSA) is 87.8 Å². The van der Waals surface area contributed by atoms with Gasteiger partial charge in [-0.25, -0.2) is 0 Å². The molecule has 2 rings (SSSR count). The van der Waals surface area contributed by atoms with Gasteiger partial charge in [0.15, 0.2) is 11.6 Å². The molecule has 0 radical (unpaired) electrons. The van der Waals surface area contributed by atoms with Crippen LogP contribution in [0.25, 0.3) is 0 Å². The standard InChI is InChI=1S/C18H25NO5/c1-6-11-9-12(23-19)7-8-13(11)14-15(20)17(2,3)24-18(4,10-22-5)16(14)21/h7-9,14H,6,10,19H2,1-5H3.